The Kier molecular flexibility index (Phi) is 3.07. The predicted molar refractivity (Wildman–Crippen MR) is 76.4 cm³/mol. The molecule has 21 heavy (non-hydrogen) atoms. The lowest BCUT2D eigenvalue weighted by Crippen LogP contribution is -1.97. The number of nitrogen functional groups attached to an aromatic ring is 1. The molecule has 0 aliphatic heterocycles. The van der Waals surface area contributed by atoms with Gasteiger partial charge in [0, 0.05) is 12.4 Å². The summed E-state index contributed by atoms with van der Waals surface area (Å²) >= 11 is 0. The third-order valence-corrected chi connectivity index (χ3v) is 2.92. The van der Waals surface area contributed by atoms with E-state index in [1.807, 2.05) is 0 Å². The van der Waals surface area contributed by atoms with Crippen molar-refractivity contribution in [3.8, 4) is 22.8 Å². The maximum atomic E-state index is 11.4. The molecule has 0 fully saturated rings. The van der Waals surface area contributed by atoms with Gasteiger partial charge in [-0.15, -0.1) is 0 Å². The van der Waals surface area contributed by atoms with E-state index in [4.69, 9.17) is 5.73 Å². The molecule has 104 valence electrons. The number of carboxylic acids is 1. The summed E-state index contributed by atoms with van der Waals surface area (Å²) in [6.45, 7) is 0. The molecule has 0 aliphatic rings. The number of carbonyl (C=O) groups is 1. The highest BCUT2D eigenvalue weighted by atomic mass is 16.4. The monoisotopic (exact) mass is 281 g/mol. The van der Waals surface area contributed by atoms with E-state index in [-0.39, 0.29) is 11.5 Å². The number of nitrogens with zero attached hydrogens (tertiary/aromatic N) is 3. The van der Waals surface area contributed by atoms with Gasteiger partial charge in [-0.05, 0) is 24.3 Å². The molecule has 0 saturated heterocycles. The molecule has 0 unspecified atom stereocenters. The van der Waals surface area contributed by atoms with Crippen molar-refractivity contribution in [3.05, 3.63) is 48.3 Å². The van der Waals surface area contributed by atoms with E-state index in [1.54, 1.807) is 30.5 Å². The minimum Gasteiger partial charge on any atom is -0.478 e. The average molecular weight is 281 g/mol. The number of hydrogen-bond donors (Lipinski definition) is 3. The van der Waals surface area contributed by atoms with E-state index in [0.29, 0.717) is 22.8 Å². The van der Waals surface area contributed by atoms with Gasteiger partial charge in [0.25, 0.3) is 0 Å². The molecule has 0 bridgehead atoms. The van der Waals surface area contributed by atoms with Crippen LogP contribution in [0.15, 0.2) is 42.7 Å². The summed E-state index contributed by atoms with van der Waals surface area (Å²) in [6, 6.07) is 8.44. The Labute approximate surface area is 119 Å². The lowest BCUT2D eigenvalue weighted by atomic mass is 10.1. The number of nitrogens with two attached hydrogens (primary N) is 1. The Morgan fingerprint density at radius 3 is 2.67 bits per heavy atom. The fourth-order valence-electron chi connectivity index (χ4n) is 2.00. The van der Waals surface area contributed by atoms with Crippen molar-refractivity contribution in [2.45, 2.75) is 0 Å². The van der Waals surface area contributed by atoms with Crippen molar-refractivity contribution in [1.29, 1.82) is 0 Å². The molecule has 3 aromatic heterocycles. The van der Waals surface area contributed by atoms with E-state index >= 15 is 0 Å². The minimum absolute atomic E-state index is 0.123. The summed E-state index contributed by atoms with van der Waals surface area (Å²) < 4.78 is 0. The lowest BCUT2D eigenvalue weighted by molar-refractivity contribution is 0.0698. The molecule has 3 heterocycles. The fraction of sp³-hybridized carbons (Fsp3) is 0. The van der Waals surface area contributed by atoms with Crippen LogP contribution in [0.3, 0.4) is 0 Å². The van der Waals surface area contributed by atoms with E-state index in [2.05, 4.69) is 19.9 Å². The van der Waals surface area contributed by atoms with Crippen LogP contribution in [0, 0.1) is 0 Å². The van der Waals surface area contributed by atoms with Crippen LogP contribution in [-0.2, 0) is 0 Å². The Morgan fingerprint density at radius 2 is 2.00 bits per heavy atom. The minimum atomic E-state index is -1.04. The van der Waals surface area contributed by atoms with Gasteiger partial charge in [0.2, 0.25) is 5.95 Å². The number of carboxylic acid groups (broad SMARTS) is 1. The van der Waals surface area contributed by atoms with Gasteiger partial charge < -0.3 is 15.8 Å². The molecule has 7 heteroatoms. The number of rotatable bonds is 3. The number of H-pyrrole nitrogens is 1. The van der Waals surface area contributed by atoms with E-state index in [0.717, 1.165) is 0 Å². The van der Waals surface area contributed by atoms with Gasteiger partial charge in [-0.25, -0.2) is 14.8 Å². The van der Waals surface area contributed by atoms with Crippen LogP contribution < -0.4 is 5.73 Å². The summed E-state index contributed by atoms with van der Waals surface area (Å²) in [7, 11) is 0. The van der Waals surface area contributed by atoms with Gasteiger partial charge >= 0.3 is 5.97 Å². The van der Waals surface area contributed by atoms with Crippen LogP contribution in [0.1, 0.15) is 10.4 Å². The second-order valence-electron chi connectivity index (χ2n) is 4.29. The summed E-state index contributed by atoms with van der Waals surface area (Å²) in [5.74, 6) is -0.918. The number of aromatic amines is 1. The first-order valence-electron chi connectivity index (χ1n) is 6.12. The van der Waals surface area contributed by atoms with Crippen LogP contribution in [0.5, 0.6) is 0 Å². The van der Waals surface area contributed by atoms with Crippen molar-refractivity contribution in [1.82, 2.24) is 19.9 Å². The van der Waals surface area contributed by atoms with Gasteiger partial charge in [0.15, 0.2) is 0 Å². The highest BCUT2D eigenvalue weighted by Gasteiger charge is 2.18. The van der Waals surface area contributed by atoms with Crippen LogP contribution in [-0.4, -0.2) is 31.0 Å². The molecule has 0 atom stereocenters. The predicted octanol–water partition coefficient (Wildman–Crippen LogP) is 1.81. The molecule has 0 amide bonds. The van der Waals surface area contributed by atoms with Crippen molar-refractivity contribution in [2.24, 2.45) is 0 Å². The van der Waals surface area contributed by atoms with Crippen molar-refractivity contribution >= 4 is 11.9 Å². The average Bonchev–Trinajstić information content (AvgIpc) is 2.93. The first kappa shape index (κ1) is 12.8. The summed E-state index contributed by atoms with van der Waals surface area (Å²) in [5, 5.41) is 9.34. The first-order valence-corrected chi connectivity index (χ1v) is 6.12. The van der Waals surface area contributed by atoms with Crippen LogP contribution in [0.4, 0.5) is 5.95 Å². The molecule has 0 radical (unpaired) electrons. The molecule has 7 nitrogen and oxygen atoms in total. The Hall–Kier alpha value is -3.22. The third kappa shape index (κ3) is 2.44. The molecule has 0 aliphatic carbocycles. The molecule has 0 spiro atoms. The molecule has 0 saturated carbocycles. The van der Waals surface area contributed by atoms with E-state index < -0.39 is 5.97 Å². The van der Waals surface area contributed by atoms with Gasteiger partial charge in [-0.3, -0.25) is 4.98 Å². The molecule has 4 N–H and O–H groups in total. The zero-order chi connectivity index (χ0) is 14.8. The molecular weight excluding hydrogens is 270 g/mol. The lowest BCUT2D eigenvalue weighted by Gasteiger charge is -1.99. The summed E-state index contributed by atoms with van der Waals surface area (Å²) in [5.41, 5.74) is 7.71. The largest absolute Gasteiger partial charge is 0.478 e. The zero-order valence-corrected chi connectivity index (χ0v) is 10.8. The summed E-state index contributed by atoms with van der Waals surface area (Å²) in [6.07, 6.45) is 3.11. The van der Waals surface area contributed by atoms with Gasteiger partial charge in [0.05, 0.1) is 28.3 Å². The first-order chi connectivity index (χ1) is 10.1. The highest BCUT2D eigenvalue weighted by Crippen LogP contribution is 2.27. The van der Waals surface area contributed by atoms with Crippen molar-refractivity contribution < 1.29 is 9.90 Å². The normalized spacial score (nSPS) is 10.5. The number of aromatic carboxylic acids is 1. The van der Waals surface area contributed by atoms with Crippen LogP contribution in [0.2, 0.25) is 0 Å². The second-order valence-corrected chi connectivity index (χ2v) is 4.29. The molecule has 0 aromatic carbocycles. The van der Waals surface area contributed by atoms with Crippen molar-refractivity contribution in [2.75, 3.05) is 5.73 Å². The number of nitrogens with one attached hydrogen (secondary N) is 1. The van der Waals surface area contributed by atoms with Crippen molar-refractivity contribution in [3.63, 3.8) is 0 Å². The SMILES string of the molecule is Nc1nccc(-c2cc(C(=O)O)c(-c3ccccn3)[nH]2)n1. The number of pyridine rings is 1. The Balaban J connectivity index is 2.15. The quantitative estimate of drug-likeness (QED) is 0.674. The molecular formula is C14H11N5O2. The molecule has 3 rings (SSSR count). The number of aromatic nitrogens is 4. The zero-order valence-electron chi connectivity index (χ0n) is 10.8. The molecule has 3 aromatic rings. The van der Waals surface area contributed by atoms with Gasteiger partial charge in [-0.2, -0.15) is 0 Å². The van der Waals surface area contributed by atoms with E-state index in [9.17, 15) is 9.90 Å². The maximum Gasteiger partial charge on any atom is 0.337 e. The number of hydrogen-bond acceptors (Lipinski definition) is 5. The third-order valence-electron chi connectivity index (χ3n) is 2.92. The van der Waals surface area contributed by atoms with Gasteiger partial charge in [-0.1, -0.05) is 6.07 Å². The van der Waals surface area contributed by atoms with Gasteiger partial charge in [0.1, 0.15) is 0 Å². The Morgan fingerprint density at radius 1 is 1.14 bits per heavy atom. The Bertz CT molecular complexity index is 798. The number of anilines is 1. The van der Waals surface area contributed by atoms with Crippen LogP contribution >= 0.6 is 0 Å². The standard InChI is InChI=1S/C14H11N5O2/c15-14-17-6-4-9(19-14)11-7-8(13(20)21)12(18-11)10-3-1-2-5-16-10/h1-7,18H,(H,20,21)(H2,15,17,19). The van der Waals surface area contributed by atoms with E-state index in [1.165, 1.54) is 12.3 Å². The highest BCUT2D eigenvalue weighted by molar-refractivity contribution is 5.96. The topological polar surface area (TPSA) is 118 Å². The summed E-state index contributed by atoms with van der Waals surface area (Å²) in [4.78, 5) is 26.5. The van der Waals surface area contributed by atoms with Crippen LogP contribution in [0.25, 0.3) is 22.8 Å². The second kappa shape index (κ2) is 5.04. The smallest absolute Gasteiger partial charge is 0.337 e. The fourth-order valence-corrected chi connectivity index (χ4v) is 2.00. The maximum absolute atomic E-state index is 11.4.